The lowest BCUT2D eigenvalue weighted by molar-refractivity contribution is -0.0167. The van der Waals surface area contributed by atoms with E-state index in [9.17, 15) is 9.59 Å². The second-order valence-corrected chi connectivity index (χ2v) is 11.0. The quantitative estimate of drug-likeness (QED) is 0.370. The number of fused-ring (bicyclic) bond motifs is 1. The molecule has 1 amide bonds. The monoisotopic (exact) mass is 479 g/mol. The molecule has 8 rings (SSSR count). The van der Waals surface area contributed by atoms with Crippen LogP contribution in [0, 0.1) is 17.8 Å². The summed E-state index contributed by atoms with van der Waals surface area (Å²) in [6.07, 6.45) is 12.8. The number of imidazole rings is 1. The maximum Gasteiger partial charge on any atom is 0.251 e. The van der Waals surface area contributed by atoms with E-state index in [2.05, 4.69) is 20.6 Å². The van der Waals surface area contributed by atoms with Crippen molar-refractivity contribution in [2.45, 2.75) is 44.1 Å². The van der Waals surface area contributed by atoms with Crippen molar-refractivity contribution in [3.63, 3.8) is 0 Å². The molecule has 0 spiro atoms. The van der Waals surface area contributed by atoms with Crippen LogP contribution < -0.4 is 16.2 Å². The predicted molar refractivity (Wildman–Crippen MR) is 139 cm³/mol. The summed E-state index contributed by atoms with van der Waals surface area (Å²) in [7, 11) is 0. The number of aromatic amines is 1. The topological polar surface area (TPSA) is 91.3 Å². The van der Waals surface area contributed by atoms with E-state index in [1.54, 1.807) is 18.5 Å². The summed E-state index contributed by atoms with van der Waals surface area (Å²) >= 11 is 0. The van der Waals surface area contributed by atoms with Gasteiger partial charge in [0, 0.05) is 47.0 Å². The van der Waals surface area contributed by atoms with Gasteiger partial charge >= 0.3 is 0 Å². The van der Waals surface area contributed by atoms with Crippen LogP contribution in [0.15, 0.2) is 71.9 Å². The SMILES string of the molecule is O=C(NC12CC3C[C@H](C1)C[C@@H](C3)C2)c1ccc(Nc2ccc(-c3cc[nH]c(=O)c3)n3ccnc23)cc1. The Bertz CT molecular complexity index is 1480. The van der Waals surface area contributed by atoms with Gasteiger partial charge in [0.05, 0.1) is 11.4 Å². The summed E-state index contributed by atoms with van der Waals surface area (Å²) in [5.74, 6) is 2.45. The molecule has 4 aromatic rings. The number of amides is 1. The van der Waals surface area contributed by atoms with Crippen LogP contribution >= 0.6 is 0 Å². The molecule has 4 aliphatic carbocycles. The third-order valence-electron chi connectivity index (χ3n) is 8.46. The maximum atomic E-state index is 13.2. The molecule has 4 bridgehead atoms. The average molecular weight is 480 g/mol. The van der Waals surface area contributed by atoms with E-state index in [0.29, 0.717) is 5.56 Å². The van der Waals surface area contributed by atoms with E-state index < -0.39 is 0 Å². The Balaban J connectivity index is 1.09. The van der Waals surface area contributed by atoms with Gasteiger partial charge in [0.2, 0.25) is 5.56 Å². The number of pyridine rings is 2. The minimum atomic E-state index is -0.143. The first-order valence-corrected chi connectivity index (χ1v) is 12.9. The molecule has 36 heavy (non-hydrogen) atoms. The molecule has 7 heteroatoms. The molecule has 4 aliphatic rings. The van der Waals surface area contributed by atoms with Crippen molar-refractivity contribution in [1.82, 2.24) is 19.7 Å². The molecule has 0 radical (unpaired) electrons. The third kappa shape index (κ3) is 3.70. The van der Waals surface area contributed by atoms with E-state index in [1.165, 1.54) is 19.3 Å². The zero-order valence-electron chi connectivity index (χ0n) is 20.0. The number of benzene rings is 1. The van der Waals surface area contributed by atoms with Crippen molar-refractivity contribution >= 4 is 22.9 Å². The number of H-pyrrole nitrogens is 1. The van der Waals surface area contributed by atoms with Crippen molar-refractivity contribution in [3.8, 4) is 11.3 Å². The Kier molecular flexibility index (Phi) is 4.81. The van der Waals surface area contributed by atoms with Crippen molar-refractivity contribution in [2.24, 2.45) is 17.8 Å². The molecule has 0 atom stereocenters. The highest BCUT2D eigenvalue weighted by Gasteiger charge is 2.51. The lowest BCUT2D eigenvalue weighted by atomic mass is 9.53. The van der Waals surface area contributed by atoms with Crippen molar-refractivity contribution < 1.29 is 4.79 Å². The largest absolute Gasteiger partial charge is 0.352 e. The molecule has 3 heterocycles. The molecule has 182 valence electrons. The summed E-state index contributed by atoms with van der Waals surface area (Å²) in [6, 6.07) is 15.1. The van der Waals surface area contributed by atoms with Gasteiger partial charge < -0.3 is 15.6 Å². The molecule has 4 fully saturated rings. The Hall–Kier alpha value is -3.87. The molecular weight excluding hydrogens is 450 g/mol. The van der Waals surface area contributed by atoms with Crippen molar-refractivity contribution in [3.05, 3.63) is 83.0 Å². The normalized spacial score (nSPS) is 26.3. The average Bonchev–Trinajstić information content (AvgIpc) is 3.34. The van der Waals surface area contributed by atoms with Crippen LogP contribution in [0.25, 0.3) is 16.9 Å². The van der Waals surface area contributed by atoms with Gasteiger partial charge in [-0.15, -0.1) is 0 Å². The van der Waals surface area contributed by atoms with E-state index in [-0.39, 0.29) is 17.0 Å². The Morgan fingerprint density at radius 3 is 2.39 bits per heavy atom. The fraction of sp³-hybridized carbons (Fsp3) is 0.345. The van der Waals surface area contributed by atoms with E-state index in [1.807, 2.05) is 53.1 Å². The Morgan fingerprint density at radius 1 is 0.972 bits per heavy atom. The number of aromatic nitrogens is 3. The first-order valence-electron chi connectivity index (χ1n) is 12.9. The smallest absolute Gasteiger partial charge is 0.251 e. The van der Waals surface area contributed by atoms with E-state index in [0.717, 1.165) is 65.3 Å². The molecule has 4 saturated carbocycles. The maximum absolute atomic E-state index is 13.2. The Morgan fingerprint density at radius 2 is 1.69 bits per heavy atom. The lowest BCUT2D eigenvalue weighted by Gasteiger charge is -2.56. The number of carbonyl (C=O) groups excluding carboxylic acids is 1. The highest BCUT2D eigenvalue weighted by molar-refractivity contribution is 5.95. The number of hydrogen-bond donors (Lipinski definition) is 3. The number of anilines is 2. The predicted octanol–water partition coefficient (Wildman–Crippen LogP) is 5.13. The summed E-state index contributed by atoms with van der Waals surface area (Å²) in [5.41, 5.74) is 4.77. The second-order valence-electron chi connectivity index (χ2n) is 11.0. The first kappa shape index (κ1) is 21.4. The molecule has 1 aromatic carbocycles. The lowest BCUT2D eigenvalue weighted by Crippen LogP contribution is -2.59. The highest BCUT2D eigenvalue weighted by atomic mass is 16.1. The minimum Gasteiger partial charge on any atom is -0.352 e. The van der Waals surface area contributed by atoms with Gasteiger partial charge in [-0.1, -0.05) is 0 Å². The van der Waals surface area contributed by atoms with Crippen LogP contribution in [0.1, 0.15) is 48.9 Å². The zero-order chi connectivity index (χ0) is 24.3. The van der Waals surface area contributed by atoms with Gasteiger partial charge in [0.15, 0.2) is 5.65 Å². The number of carbonyl (C=O) groups is 1. The molecular formula is C29H29N5O2. The van der Waals surface area contributed by atoms with Gasteiger partial charge in [-0.2, -0.15) is 0 Å². The van der Waals surface area contributed by atoms with Crippen molar-refractivity contribution in [2.75, 3.05) is 5.32 Å². The molecule has 7 nitrogen and oxygen atoms in total. The van der Waals surface area contributed by atoms with Crippen LogP contribution in [0.5, 0.6) is 0 Å². The molecule has 0 saturated heterocycles. The molecule has 3 N–H and O–H groups in total. The van der Waals surface area contributed by atoms with Gasteiger partial charge in [-0.3, -0.25) is 14.0 Å². The van der Waals surface area contributed by atoms with Crippen LogP contribution in [0.4, 0.5) is 11.4 Å². The summed E-state index contributed by atoms with van der Waals surface area (Å²) in [5, 5.41) is 6.89. The summed E-state index contributed by atoms with van der Waals surface area (Å²) < 4.78 is 1.96. The second kappa shape index (κ2) is 8.08. The molecule has 0 aliphatic heterocycles. The molecule has 3 aromatic heterocycles. The van der Waals surface area contributed by atoms with Gasteiger partial charge in [0.1, 0.15) is 0 Å². The number of nitrogens with zero attached hydrogens (tertiary/aromatic N) is 2. The van der Waals surface area contributed by atoms with Gasteiger partial charge in [-0.25, -0.2) is 4.98 Å². The minimum absolute atomic E-state index is 0.0143. The fourth-order valence-corrected chi connectivity index (χ4v) is 7.39. The molecule has 0 unspecified atom stereocenters. The van der Waals surface area contributed by atoms with Crippen LogP contribution in [0.2, 0.25) is 0 Å². The van der Waals surface area contributed by atoms with E-state index in [4.69, 9.17) is 0 Å². The summed E-state index contributed by atoms with van der Waals surface area (Å²) in [6.45, 7) is 0. The van der Waals surface area contributed by atoms with Gasteiger partial charge in [0.25, 0.3) is 5.91 Å². The standard InChI is InChI=1S/C29H29N5O2/c35-26-14-22(7-8-30-26)25-6-5-24(27-31-9-10-34(25)27)32-23-3-1-21(2-4-23)28(36)33-29-15-18-11-19(16-29)13-20(12-18)17-29/h1-10,14,18-20,32H,11-13,15-17H2,(H,30,35)(H,33,36)/t18-,19+,20?,29?. The van der Waals surface area contributed by atoms with Crippen LogP contribution in [-0.2, 0) is 0 Å². The number of rotatable bonds is 5. The number of nitrogens with one attached hydrogen (secondary N) is 3. The van der Waals surface area contributed by atoms with Gasteiger partial charge in [-0.05, 0) is 98.7 Å². The van der Waals surface area contributed by atoms with Crippen molar-refractivity contribution in [1.29, 1.82) is 0 Å². The zero-order valence-corrected chi connectivity index (χ0v) is 20.0. The Labute approximate surface area is 209 Å². The first-order chi connectivity index (χ1) is 17.5. The van der Waals surface area contributed by atoms with Crippen LogP contribution in [-0.4, -0.2) is 25.8 Å². The van der Waals surface area contributed by atoms with E-state index >= 15 is 0 Å². The van der Waals surface area contributed by atoms with Crippen LogP contribution in [0.3, 0.4) is 0 Å². The third-order valence-corrected chi connectivity index (χ3v) is 8.46. The summed E-state index contributed by atoms with van der Waals surface area (Å²) in [4.78, 5) is 32.1. The fourth-order valence-electron chi connectivity index (χ4n) is 7.39. The highest BCUT2D eigenvalue weighted by Crippen LogP contribution is 2.55. The number of hydrogen-bond acceptors (Lipinski definition) is 4.